The van der Waals surface area contributed by atoms with Gasteiger partial charge in [-0.2, -0.15) is 0 Å². The molecule has 0 aromatic heterocycles. The molecule has 15 heavy (non-hydrogen) atoms. The molecule has 1 heterocycles. The first-order valence-corrected chi connectivity index (χ1v) is 6.57. The summed E-state index contributed by atoms with van der Waals surface area (Å²) in [5.74, 6) is 0.876. The third-order valence-corrected chi connectivity index (χ3v) is 3.81. The minimum atomic E-state index is 0.812. The van der Waals surface area contributed by atoms with Gasteiger partial charge in [0.2, 0.25) is 0 Å². The van der Waals surface area contributed by atoms with Crippen molar-refractivity contribution < 1.29 is 0 Å². The Morgan fingerprint density at radius 1 is 1.47 bits per heavy atom. The molecule has 0 N–H and O–H groups in total. The zero-order valence-corrected chi connectivity index (χ0v) is 11.2. The van der Waals surface area contributed by atoms with Crippen molar-refractivity contribution in [2.45, 2.75) is 19.8 Å². The summed E-state index contributed by atoms with van der Waals surface area (Å²) >= 11 is 9.56. The van der Waals surface area contributed by atoms with Crippen LogP contribution in [0.15, 0.2) is 22.7 Å². The van der Waals surface area contributed by atoms with Crippen molar-refractivity contribution in [3.63, 3.8) is 0 Å². The topological polar surface area (TPSA) is 3.24 Å². The predicted molar refractivity (Wildman–Crippen MR) is 69.8 cm³/mol. The maximum absolute atomic E-state index is 5.99. The standard InChI is InChI=1S/C12H15BrClN/c1-2-3-9-7-15(8-9)12-6-10(14)4-5-11(12)13/h4-6,9H,2-3,7-8H2,1H3. The Kier molecular flexibility index (Phi) is 3.57. The summed E-state index contributed by atoms with van der Waals surface area (Å²) in [5.41, 5.74) is 1.23. The maximum Gasteiger partial charge on any atom is 0.0525 e. The van der Waals surface area contributed by atoms with Gasteiger partial charge in [-0.15, -0.1) is 0 Å². The van der Waals surface area contributed by atoms with Gasteiger partial charge in [0.15, 0.2) is 0 Å². The van der Waals surface area contributed by atoms with Crippen molar-refractivity contribution in [3.8, 4) is 0 Å². The molecular formula is C12H15BrClN. The second-order valence-electron chi connectivity index (χ2n) is 4.16. The lowest BCUT2D eigenvalue weighted by atomic mass is 9.94. The highest BCUT2D eigenvalue weighted by molar-refractivity contribution is 9.10. The van der Waals surface area contributed by atoms with E-state index in [1.165, 1.54) is 31.6 Å². The molecule has 0 amide bonds. The van der Waals surface area contributed by atoms with E-state index in [0.717, 1.165) is 15.4 Å². The zero-order chi connectivity index (χ0) is 10.8. The average molecular weight is 289 g/mol. The van der Waals surface area contributed by atoms with Crippen molar-refractivity contribution in [2.24, 2.45) is 5.92 Å². The van der Waals surface area contributed by atoms with Crippen LogP contribution in [0.2, 0.25) is 5.02 Å². The summed E-state index contributed by atoms with van der Waals surface area (Å²) in [6, 6.07) is 5.97. The van der Waals surface area contributed by atoms with E-state index in [4.69, 9.17) is 11.6 Å². The quantitative estimate of drug-likeness (QED) is 0.800. The molecule has 1 aromatic rings. The second-order valence-corrected chi connectivity index (χ2v) is 5.45. The van der Waals surface area contributed by atoms with Gasteiger partial charge < -0.3 is 4.90 Å². The number of benzene rings is 1. The molecule has 0 bridgehead atoms. The molecule has 82 valence electrons. The van der Waals surface area contributed by atoms with Gasteiger partial charge in [0.05, 0.1) is 5.69 Å². The highest BCUT2D eigenvalue weighted by Gasteiger charge is 2.27. The molecule has 2 rings (SSSR count). The van der Waals surface area contributed by atoms with Crippen LogP contribution in [0.1, 0.15) is 19.8 Å². The normalized spacial score (nSPS) is 16.6. The van der Waals surface area contributed by atoms with Gasteiger partial charge in [0.1, 0.15) is 0 Å². The van der Waals surface area contributed by atoms with Crippen LogP contribution in [0.5, 0.6) is 0 Å². The van der Waals surface area contributed by atoms with Gasteiger partial charge in [-0.3, -0.25) is 0 Å². The van der Waals surface area contributed by atoms with Gasteiger partial charge in [-0.05, 0) is 46.5 Å². The highest BCUT2D eigenvalue weighted by atomic mass is 79.9. The zero-order valence-electron chi connectivity index (χ0n) is 8.84. The molecule has 0 atom stereocenters. The Balaban J connectivity index is 2.03. The van der Waals surface area contributed by atoms with Gasteiger partial charge in [0.25, 0.3) is 0 Å². The highest BCUT2D eigenvalue weighted by Crippen LogP contribution is 2.34. The fraction of sp³-hybridized carbons (Fsp3) is 0.500. The van der Waals surface area contributed by atoms with Gasteiger partial charge >= 0.3 is 0 Å². The first-order chi connectivity index (χ1) is 7.20. The summed E-state index contributed by atoms with van der Waals surface area (Å²) in [6.45, 7) is 4.59. The number of hydrogen-bond donors (Lipinski definition) is 0. The summed E-state index contributed by atoms with van der Waals surface area (Å²) in [5, 5.41) is 0.812. The third-order valence-electron chi connectivity index (χ3n) is 2.90. The fourth-order valence-electron chi connectivity index (χ4n) is 2.09. The minimum absolute atomic E-state index is 0.812. The van der Waals surface area contributed by atoms with E-state index in [9.17, 15) is 0 Å². The van der Waals surface area contributed by atoms with E-state index in [-0.39, 0.29) is 0 Å². The first-order valence-electron chi connectivity index (χ1n) is 5.40. The molecule has 0 spiro atoms. The van der Waals surface area contributed by atoms with Crippen LogP contribution in [0, 0.1) is 5.92 Å². The largest absolute Gasteiger partial charge is 0.370 e. The van der Waals surface area contributed by atoms with E-state index < -0.39 is 0 Å². The Labute approximate surface area is 105 Å². The Morgan fingerprint density at radius 3 is 2.87 bits per heavy atom. The van der Waals surface area contributed by atoms with Crippen molar-refractivity contribution in [1.29, 1.82) is 0 Å². The van der Waals surface area contributed by atoms with Gasteiger partial charge in [-0.1, -0.05) is 24.9 Å². The van der Waals surface area contributed by atoms with Crippen LogP contribution in [-0.2, 0) is 0 Å². The SMILES string of the molecule is CCCC1CN(c2cc(Cl)ccc2Br)C1. The minimum Gasteiger partial charge on any atom is -0.370 e. The Bertz CT molecular complexity index is 347. The molecule has 0 saturated carbocycles. The monoisotopic (exact) mass is 287 g/mol. The van der Waals surface area contributed by atoms with E-state index >= 15 is 0 Å². The average Bonchev–Trinajstić information content (AvgIpc) is 2.15. The van der Waals surface area contributed by atoms with Crippen molar-refractivity contribution >= 4 is 33.2 Å². The molecule has 1 aliphatic rings. The number of halogens is 2. The van der Waals surface area contributed by atoms with Crippen LogP contribution < -0.4 is 4.90 Å². The van der Waals surface area contributed by atoms with E-state index in [2.05, 4.69) is 27.8 Å². The number of nitrogens with zero attached hydrogens (tertiary/aromatic N) is 1. The molecule has 1 fully saturated rings. The van der Waals surface area contributed by atoms with Crippen LogP contribution in [0.3, 0.4) is 0 Å². The molecule has 1 aliphatic heterocycles. The first kappa shape index (κ1) is 11.3. The smallest absolute Gasteiger partial charge is 0.0525 e. The molecule has 0 radical (unpaired) electrons. The molecule has 1 aromatic carbocycles. The summed E-state index contributed by atoms with van der Waals surface area (Å²) in [6.07, 6.45) is 2.63. The number of rotatable bonds is 3. The second kappa shape index (κ2) is 4.75. The third kappa shape index (κ3) is 2.48. The molecule has 1 nitrogen and oxygen atoms in total. The fourth-order valence-corrected chi connectivity index (χ4v) is 2.75. The number of anilines is 1. The van der Waals surface area contributed by atoms with Crippen molar-refractivity contribution in [2.75, 3.05) is 18.0 Å². The van der Waals surface area contributed by atoms with E-state index in [1.807, 2.05) is 18.2 Å². The molecular weight excluding hydrogens is 273 g/mol. The number of hydrogen-bond acceptors (Lipinski definition) is 1. The van der Waals surface area contributed by atoms with Crippen LogP contribution in [0.25, 0.3) is 0 Å². The molecule has 0 unspecified atom stereocenters. The van der Waals surface area contributed by atoms with E-state index in [0.29, 0.717) is 0 Å². The van der Waals surface area contributed by atoms with Crippen LogP contribution in [-0.4, -0.2) is 13.1 Å². The van der Waals surface area contributed by atoms with Gasteiger partial charge in [0, 0.05) is 22.6 Å². The van der Waals surface area contributed by atoms with Crippen LogP contribution >= 0.6 is 27.5 Å². The van der Waals surface area contributed by atoms with Crippen molar-refractivity contribution in [3.05, 3.63) is 27.7 Å². The van der Waals surface area contributed by atoms with E-state index in [1.54, 1.807) is 0 Å². The summed E-state index contributed by atoms with van der Waals surface area (Å²) < 4.78 is 1.14. The molecule has 1 saturated heterocycles. The lowest BCUT2D eigenvalue weighted by molar-refractivity contribution is 0.380. The molecule has 0 aliphatic carbocycles. The molecule has 3 heteroatoms. The lowest BCUT2D eigenvalue weighted by Gasteiger charge is -2.41. The lowest BCUT2D eigenvalue weighted by Crippen LogP contribution is -2.46. The van der Waals surface area contributed by atoms with Crippen LogP contribution in [0.4, 0.5) is 5.69 Å². The maximum atomic E-state index is 5.99. The van der Waals surface area contributed by atoms with Gasteiger partial charge in [-0.25, -0.2) is 0 Å². The summed E-state index contributed by atoms with van der Waals surface area (Å²) in [7, 11) is 0. The predicted octanol–water partition coefficient (Wildman–Crippen LogP) is 4.34. The Morgan fingerprint density at radius 2 is 2.20 bits per heavy atom. The van der Waals surface area contributed by atoms with Crippen molar-refractivity contribution in [1.82, 2.24) is 0 Å². The Hall–Kier alpha value is -0.210. The summed E-state index contributed by atoms with van der Waals surface area (Å²) in [4.78, 5) is 2.39.